The summed E-state index contributed by atoms with van der Waals surface area (Å²) in [5, 5.41) is 10.5. The predicted molar refractivity (Wildman–Crippen MR) is 179 cm³/mol. The Bertz CT molecular complexity index is 1690. The molecule has 8 heteroatoms. The van der Waals surface area contributed by atoms with Crippen LogP contribution in [0.1, 0.15) is 45.5 Å². The molecule has 0 spiro atoms. The molecule has 2 heterocycles. The molecular formula is C38H44N2O6. The zero-order valence-electron chi connectivity index (χ0n) is 27.6. The lowest BCUT2D eigenvalue weighted by Crippen LogP contribution is -2.33. The highest BCUT2D eigenvalue weighted by Gasteiger charge is 2.28. The Kier molecular flexibility index (Phi) is 9.29. The summed E-state index contributed by atoms with van der Waals surface area (Å²) in [7, 11) is 10.9. The van der Waals surface area contributed by atoms with Crippen LogP contribution in [0.3, 0.4) is 0 Å². The first-order valence-electron chi connectivity index (χ1n) is 15.8. The Morgan fingerprint density at radius 3 is 1.72 bits per heavy atom. The smallest absolute Gasteiger partial charge is 0.169 e. The van der Waals surface area contributed by atoms with E-state index in [0.29, 0.717) is 17.2 Å². The van der Waals surface area contributed by atoms with Crippen molar-refractivity contribution in [3.63, 3.8) is 0 Å². The summed E-state index contributed by atoms with van der Waals surface area (Å²) in [6, 6.07) is 22.9. The number of phenols is 1. The summed E-state index contributed by atoms with van der Waals surface area (Å²) in [4.78, 5) is 4.75. The molecule has 2 aliphatic heterocycles. The second-order valence-electron chi connectivity index (χ2n) is 12.3. The maximum atomic E-state index is 10.5. The number of methoxy groups -OCH3 is 4. The van der Waals surface area contributed by atoms with Gasteiger partial charge in [0, 0.05) is 25.2 Å². The molecule has 0 aromatic heterocycles. The van der Waals surface area contributed by atoms with Crippen molar-refractivity contribution in [2.24, 2.45) is 0 Å². The monoisotopic (exact) mass is 624 g/mol. The number of phenolic OH excluding ortho intramolecular Hbond substituents is 1. The number of rotatable bonds is 10. The van der Waals surface area contributed by atoms with Crippen LogP contribution in [0.5, 0.6) is 40.2 Å². The minimum atomic E-state index is 0.160. The lowest BCUT2D eigenvalue weighted by atomic mass is 9.88. The third-order valence-corrected chi connectivity index (χ3v) is 9.57. The highest BCUT2D eigenvalue weighted by Crippen LogP contribution is 2.41. The van der Waals surface area contributed by atoms with E-state index in [2.05, 4.69) is 60.3 Å². The third-order valence-electron chi connectivity index (χ3n) is 9.57. The molecule has 4 aromatic carbocycles. The van der Waals surface area contributed by atoms with Gasteiger partial charge >= 0.3 is 0 Å². The van der Waals surface area contributed by atoms with Crippen LogP contribution >= 0.6 is 0 Å². The van der Waals surface area contributed by atoms with Crippen molar-refractivity contribution in [2.75, 3.05) is 55.6 Å². The molecule has 8 nitrogen and oxygen atoms in total. The van der Waals surface area contributed by atoms with Crippen molar-refractivity contribution in [3.05, 3.63) is 100 Å². The van der Waals surface area contributed by atoms with E-state index in [-0.39, 0.29) is 17.8 Å². The summed E-state index contributed by atoms with van der Waals surface area (Å²) >= 11 is 0. The maximum absolute atomic E-state index is 10.5. The zero-order valence-corrected chi connectivity index (χ0v) is 27.6. The molecule has 0 bridgehead atoms. The maximum Gasteiger partial charge on any atom is 0.169 e. The molecule has 0 saturated carbocycles. The second kappa shape index (κ2) is 13.5. The van der Waals surface area contributed by atoms with Crippen molar-refractivity contribution in [3.8, 4) is 40.2 Å². The van der Waals surface area contributed by atoms with Crippen LogP contribution in [0.4, 0.5) is 0 Å². The van der Waals surface area contributed by atoms with Crippen LogP contribution in [-0.2, 0) is 25.7 Å². The molecule has 4 aromatic rings. The average molecular weight is 625 g/mol. The molecule has 242 valence electrons. The molecule has 0 saturated heterocycles. The fraction of sp³-hybridized carbons (Fsp3) is 0.368. The van der Waals surface area contributed by atoms with Gasteiger partial charge in [0.05, 0.1) is 28.4 Å². The van der Waals surface area contributed by atoms with E-state index >= 15 is 0 Å². The third kappa shape index (κ3) is 6.32. The Hall–Kier alpha value is -4.40. The number of ether oxygens (including phenoxy) is 5. The van der Waals surface area contributed by atoms with Gasteiger partial charge in [-0.25, -0.2) is 0 Å². The number of likely N-dealkylation sites (N-methyl/N-ethyl adjacent to an activating group) is 2. The summed E-state index contributed by atoms with van der Waals surface area (Å²) in [6.07, 6.45) is 3.53. The number of aromatic hydroxyl groups is 1. The van der Waals surface area contributed by atoms with Crippen LogP contribution < -0.4 is 23.7 Å². The highest BCUT2D eigenvalue weighted by atomic mass is 16.5. The molecular weight excluding hydrogens is 580 g/mol. The van der Waals surface area contributed by atoms with Crippen LogP contribution in [0.25, 0.3) is 0 Å². The van der Waals surface area contributed by atoms with Gasteiger partial charge in [-0.05, 0) is 122 Å². The van der Waals surface area contributed by atoms with Crippen LogP contribution in [0, 0.1) is 0 Å². The van der Waals surface area contributed by atoms with Crippen LogP contribution in [-0.4, -0.2) is 70.5 Å². The van der Waals surface area contributed by atoms with Crippen molar-refractivity contribution in [1.82, 2.24) is 9.80 Å². The number of nitrogens with zero attached hydrogens (tertiary/aromatic N) is 2. The minimum Gasteiger partial charge on any atom is -0.504 e. The van der Waals surface area contributed by atoms with E-state index in [0.717, 1.165) is 67.1 Å². The van der Waals surface area contributed by atoms with E-state index in [1.54, 1.807) is 28.4 Å². The first-order chi connectivity index (χ1) is 22.3. The largest absolute Gasteiger partial charge is 0.504 e. The van der Waals surface area contributed by atoms with Gasteiger partial charge in [-0.1, -0.05) is 18.2 Å². The van der Waals surface area contributed by atoms with Gasteiger partial charge in [0.1, 0.15) is 5.75 Å². The van der Waals surface area contributed by atoms with Gasteiger partial charge in [0.15, 0.2) is 34.5 Å². The quantitative estimate of drug-likeness (QED) is 0.208. The molecule has 0 fully saturated rings. The summed E-state index contributed by atoms with van der Waals surface area (Å²) < 4.78 is 28.7. The van der Waals surface area contributed by atoms with E-state index in [1.807, 2.05) is 30.3 Å². The highest BCUT2D eigenvalue weighted by molar-refractivity contribution is 5.52. The Morgan fingerprint density at radius 2 is 1.11 bits per heavy atom. The number of hydrogen-bond acceptors (Lipinski definition) is 8. The van der Waals surface area contributed by atoms with Gasteiger partial charge < -0.3 is 28.8 Å². The van der Waals surface area contributed by atoms with E-state index < -0.39 is 0 Å². The SMILES string of the molecule is COc1cc2c(cc1O)[C@H](Cc1ccc(Oc3cc(C[C@H]4c5cc(OC)c(OC)cc5CCN4C)ccc3OC)cc1)N(C)CC2. The van der Waals surface area contributed by atoms with Crippen LogP contribution in [0.15, 0.2) is 66.7 Å². The molecule has 2 aliphatic rings. The average Bonchev–Trinajstić information content (AvgIpc) is 3.07. The fourth-order valence-corrected chi connectivity index (χ4v) is 6.89. The summed E-state index contributed by atoms with van der Waals surface area (Å²) in [6.45, 7) is 1.92. The Labute approximate surface area is 272 Å². The molecule has 0 amide bonds. The first kappa shape index (κ1) is 31.6. The molecule has 6 rings (SSSR count). The van der Waals surface area contributed by atoms with E-state index in [9.17, 15) is 5.11 Å². The lowest BCUT2D eigenvalue weighted by molar-refractivity contribution is 0.227. The van der Waals surface area contributed by atoms with E-state index in [1.165, 1.54) is 22.3 Å². The second-order valence-corrected chi connectivity index (χ2v) is 12.3. The molecule has 46 heavy (non-hydrogen) atoms. The van der Waals surface area contributed by atoms with Crippen LogP contribution in [0.2, 0.25) is 0 Å². The Balaban J connectivity index is 1.20. The first-order valence-corrected chi connectivity index (χ1v) is 15.8. The van der Waals surface area contributed by atoms with Gasteiger partial charge in [0.25, 0.3) is 0 Å². The normalized spacial score (nSPS) is 18.0. The molecule has 0 unspecified atom stereocenters. The molecule has 2 atom stereocenters. The fourth-order valence-electron chi connectivity index (χ4n) is 6.89. The summed E-state index contributed by atoms with van der Waals surface area (Å²) in [5.41, 5.74) is 7.29. The summed E-state index contributed by atoms with van der Waals surface area (Å²) in [5.74, 6) is 4.35. The van der Waals surface area contributed by atoms with Crippen molar-refractivity contribution < 1.29 is 28.8 Å². The lowest BCUT2D eigenvalue weighted by Gasteiger charge is -2.35. The number of hydrogen-bond donors (Lipinski definition) is 1. The van der Waals surface area contributed by atoms with Gasteiger partial charge in [-0.15, -0.1) is 0 Å². The van der Waals surface area contributed by atoms with Gasteiger partial charge in [-0.2, -0.15) is 0 Å². The molecule has 1 N–H and O–H groups in total. The molecule has 0 radical (unpaired) electrons. The van der Waals surface area contributed by atoms with Gasteiger partial charge in [-0.3, -0.25) is 9.80 Å². The van der Waals surface area contributed by atoms with Crippen molar-refractivity contribution in [1.29, 1.82) is 0 Å². The topological polar surface area (TPSA) is 72.9 Å². The minimum absolute atomic E-state index is 0.160. The van der Waals surface area contributed by atoms with Crippen molar-refractivity contribution in [2.45, 2.75) is 37.8 Å². The standard InChI is InChI=1S/C38H44N2O6/c1-39-15-13-26-20-35(43-4)33(41)22-29(26)31(39)17-24-7-10-28(11-8-24)46-38-19-25(9-12-34(38)42-3)18-32-30-23-37(45-6)36(44-5)21-27(30)14-16-40(32)2/h7-12,19-23,31-32,41H,13-18H2,1-6H3/t31-,32-/m0/s1. The molecule has 0 aliphatic carbocycles. The predicted octanol–water partition coefficient (Wildman–Crippen LogP) is 6.76. The number of benzene rings is 4. The van der Waals surface area contributed by atoms with Crippen molar-refractivity contribution >= 4 is 0 Å². The zero-order chi connectivity index (χ0) is 32.4. The number of fused-ring (bicyclic) bond motifs is 2. The Morgan fingerprint density at radius 1 is 0.587 bits per heavy atom. The van der Waals surface area contributed by atoms with E-state index in [4.69, 9.17) is 23.7 Å². The van der Waals surface area contributed by atoms with Gasteiger partial charge in [0.2, 0.25) is 0 Å².